The Hall–Kier alpha value is -3.14. The molecule has 220 valence electrons. The van der Waals surface area contributed by atoms with Crippen LogP contribution in [0.5, 0.6) is 0 Å². The van der Waals surface area contributed by atoms with Gasteiger partial charge in [0.25, 0.3) is 0 Å². The van der Waals surface area contributed by atoms with E-state index in [2.05, 4.69) is 10.6 Å². The predicted octanol–water partition coefficient (Wildman–Crippen LogP) is 1.14. The maximum atomic E-state index is 13.0. The normalized spacial score (nSPS) is 19.1. The van der Waals surface area contributed by atoms with E-state index in [0.29, 0.717) is 23.9 Å². The molecule has 4 atom stereocenters. The Balaban J connectivity index is 1.59. The van der Waals surface area contributed by atoms with E-state index in [-0.39, 0.29) is 35.6 Å². The van der Waals surface area contributed by atoms with Gasteiger partial charge in [-0.15, -0.1) is 22.9 Å². The molecule has 4 unspecified atom stereocenters. The molecule has 15 heteroatoms. The zero-order chi connectivity index (χ0) is 29.9. The monoisotopic (exact) mass is 621 g/mol. The lowest BCUT2D eigenvalue weighted by Crippen LogP contribution is -2.59. The van der Waals surface area contributed by atoms with E-state index in [9.17, 15) is 22.8 Å². The first kappa shape index (κ1) is 30.8. The van der Waals surface area contributed by atoms with Gasteiger partial charge in [-0.1, -0.05) is 24.3 Å². The molecule has 12 nitrogen and oxygen atoms in total. The molecule has 41 heavy (non-hydrogen) atoms. The number of halogens is 1. The largest absolute Gasteiger partial charge is 0.370 e. The Bertz CT molecular complexity index is 1560. The number of para-hydroxylation sites is 1. The second-order valence-corrected chi connectivity index (χ2v) is 12.8. The predicted molar refractivity (Wildman–Crippen MR) is 157 cm³/mol. The number of nitrogens with two attached hydrogens (primary N) is 3. The molecule has 0 aliphatic carbocycles. The number of alkyl halides is 1. The van der Waals surface area contributed by atoms with Crippen molar-refractivity contribution in [2.24, 2.45) is 16.6 Å². The van der Waals surface area contributed by atoms with Crippen LogP contribution >= 0.6 is 22.9 Å². The van der Waals surface area contributed by atoms with Crippen LogP contribution in [-0.4, -0.2) is 66.8 Å². The number of hydrogen-bond acceptors (Lipinski definition) is 9. The molecule has 1 aromatic heterocycles. The minimum Gasteiger partial charge on any atom is -0.370 e. The number of primary amides is 1. The zero-order valence-corrected chi connectivity index (χ0v) is 24.6. The lowest BCUT2D eigenvalue weighted by Gasteiger charge is -2.39. The van der Waals surface area contributed by atoms with Crippen LogP contribution in [-0.2, 0) is 24.4 Å². The van der Waals surface area contributed by atoms with Gasteiger partial charge in [0, 0.05) is 18.0 Å². The van der Waals surface area contributed by atoms with E-state index < -0.39 is 40.2 Å². The number of fused-ring (bicyclic) bond motifs is 1. The van der Waals surface area contributed by atoms with Gasteiger partial charge >= 0.3 is 0 Å². The Morgan fingerprint density at radius 3 is 2.59 bits per heavy atom. The van der Waals surface area contributed by atoms with Crippen molar-refractivity contribution in [2.75, 3.05) is 12.4 Å². The summed E-state index contributed by atoms with van der Waals surface area (Å²) in [6.07, 6.45) is -0.400. The minimum absolute atomic E-state index is 0.00671. The fourth-order valence-electron chi connectivity index (χ4n) is 4.90. The van der Waals surface area contributed by atoms with E-state index in [4.69, 9.17) is 33.2 Å². The van der Waals surface area contributed by atoms with Gasteiger partial charge in [0.05, 0.1) is 38.7 Å². The van der Waals surface area contributed by atoms with Crippen molar-refractivity contribution in [1.29, 1.82) is 0 Å². The highest BCUT2D eigenvalue weighted by Crippen LogP contribution is 2.38. The van der Waals surface area contributed by atoms with Crippen LogP contribution in [0, 0.1) is 0 Å². The van der Waals surface area contributed by atoms with E-state index in [1.807, 2.05) is 18.2 Å². The topological polar surface area (TPSA) is 204 Å². The van der Waals surface area contributed by atoms with E-state index >= 15 is 0 Å². The van der Waals surface area contributed by atoms with Crippen molar-refractivity contribution in [2.45, 2.75) is 55.4 Å². The number of amides is 3. The third-order valence-corrected chi connectivity index (χ3v) is 9.09. The van der Waals surface area contributed by atoms with Crippen molar-refractivity contribution in [3.8, 4) is 11.1 Å². The van der Waals surface area contributed by atoms with Crippen LogP contribution in [0.1, 0.15) is 37.1 Å². The number of likely N-dealkylation sites (tertiary alicyclic amines) is 1. The highest BCUT2D eigenvalue weighted by molar-refractivity contribution is 7.89. The van der Waals surface area contributed by atoms with Crippen LogP contribution in [0.4, 0.5) is 0 Å². The summed E-state index contributed by atoms with van der Waals surface area (Å²) in [5, 5.41) is 11.8. The highest BCUT2D eigenvalue weighted by atomic mass is 35.5. The molecule has 8 N–H and O–H groups in total. The summed E-state index contributed by atoms with van der Waals surface area (Å²) < 4.78 is 24.7. The van der Waals surface area contributed by atoms with E-state index in [1.165, 1.54) is 28.4 Å². The molecule has 2 aromatic carbocycles. The number of carbonyl (C=O) groups is 3. The summed E-state index contributed by atoms with van der Waals surface area (Å²) >= 11 is 7.41. The number of sulfonamides is 1. The standard InChI is InChI=1S/C26H32ClN7O5S2/c1-14(28)31-19(11-21(29)35)25(37)32-22-9-8-16(13-34(22)23(36)12-27)26-33-24-18(6-3-7-20(24)40-26)15-4-2-5-17(10-15)41(30,38)39/h2-7,10,14,16,19,22,31H,8-9,11-13,28H2,1H3,(H2,29,35)(H,32,37)(H2,30,38,39). The fourth-order valence-corrected chi connectivity index (χ4v) is 6.73. The van der Waals surface area contributed by atoms with Gasteiger partial charge < -0.3 is 21.7 Å². The van der Waals surface area contributed by atoms with Gasteiger partial charge in [0.2, 0.25) is 27.7 Å². The minimum atomic E-state index is -3.88. The number of rotatable bonds is 10. The molecule has 4 rings (SSSR count). The van der Waals surface area contributed by atoms with Crippen molar-refractivity contribution >= 4 is 60.9 Å². The molecule has 1 aliphatic rings. The molecular weight excluding hydrogens is 590 g/mol. The second kappa shape index (κ2) is 12.8. The first-order valence-electron chi connectivity index (χ1n) is 12.9. The zero-order valence-electron chi connectivity index (χ0n) is 22.2. The summed E-state index contributed by atoms with van der Waals surface area (Å²) in [6.45, 7) is 1.91. The molecule has 2 heterocycles. The molecule has 3 amide bonds. The summed E-state index contributed by atoms with van der Waals surface area (Å²) in [4.78, 5) is 43.8. The Labute approximate surface area is 246 Å². The van der Waals surface area contributed by atoms with Gasteiger partial charge in [0.1, 0.15) is 12.0 Å². The molecule has 3 aromatic rings. The number of hydrogen-bond donors (Lipinski definition) is 5. The number of carbonyl (C=O) groups excluding carboxylic acids is 3. The quantitative estimate of drug-likeness (QED) is 0.164. The van der Waals surface area contributed by atoms with Crippen molar-refractivity contribution in [1.82, 2.24) is 20.5 Å². The Kier molecular flexibility index (Phi) is 9.62. The molecule has 1 aliphatic heterocycles. The number of benzene rings is 2. The number of nitrogens with zero attached hydrogens (tertiary/aromatic N) is 2. The molecule has 0 radical (unpaired) electrons. The summed E-state index contributed by atoms with van der Waals surface area (Å²) in [6, 6.07) is 11.1. The number of nitrogens with one attached hydrogen (secondary N) is 2. The lowest BCUT2D eigenvalue weighted by molar-refractivity contribution is -0.137. The van der Waals surface area contributed by atoms with E-state index in [0.717, 1.165) is 15.3 Å². The maximum Gasteiger partial charge on any atom is 0.239 e. The molecule has 1 fully saturated rings. The number of aromatic nitrogens is 1. The maximum absolute atomic E-state index is 13.0. The fraction of sp³-hybridized carbons (Fsp3) is 0.385. The van der Waals surface area contributed by atoms with Crippen LogP contribution < -0.4 is 27.2 Å². The third-order valence-electron chi connectivity index (χ3n) is 6.77. The van der Waals surface area contributed by atoms with Gasteiger partial charge in [-0.25, -0.2) is 18.5 Å². The molecule has 0 spiro atoms. The summed E-state index contributed by atoms with van der Waals surface area (Å²) in [5.74, 6) is -1.91. The SMILES string of the molecule is CC(N)NC(CC(N)=O)C(=O)NC1CCC(c2nc3c(-c4cccc(S(N)(=O)=O)c4)cccc3s2)CN1C(=O)CCl. The van der Waals surface area contributed by atoms with Gasteiger partial charge in [0.15, 0.2) is 0 Å². The van der Waals surface area contributed by atoms with E-state index in [1.54, 1.807) is 19.1 Å². The second-order valence-electron chi connectivity index (χ2n) is 9.93. The number of primary sulfonamides is 1. The number of thiazole rings is 1. The van der Waals surface area contributed by atoms with Crippen molar-refractivity contribution < 1.29 is 22.8 Å². The third kappa shape index (κ3) is 7.39. The van der Waals surface area contributed by atoms with Gasteiger partial charge in [-0.2, -0.15) is 0 Å². The van der Waals surface area contributed by atoms with Crippen LogP contribution in [0.25, 0.3) is 21.3 Å². The van der Waals surface area contributed by atoms with Crippen LogP contribution in [0.2, 0.25) is 0 Å². The smallest absolute Gasteiger partial charge is 0.239 e. The molecular formula is C26H32ClN7O5S2. The highest BCUT2D eigenvalue weighted by Gasteiger charge is 2.35. The van der Waals surface area contributed by atoms with Crippen LogP contribution in [0.15, 0.2) is 47.4 Å². The van der Waals surface area contributed by atoms with Gasteiger partial charge in [-0.3, -0.25) is 19.7 Å². The van der Waals surface area contributed by atoms with Crippen LogP contribution in [0.3, 0.4) is 0 Å². The summed E-state index contributed by atoms with van der Waals surface area (Å²) in [5.41, 5.74) is 13.2. The van der Waals surface area contributed by atoms with Gasteiger partial charge in [-0.05, 0) is 43.5 Å². The lowest BCUT2D eigenvalue weighted by atomic mass is 9.96. The summed E-state index contributed by atoms with van der Waals surface area (Å²) in [7, 11) is -3.88. The first-order valence-corrected chi connectivity index (χ1v) is 15.8. The molecule has 0 bridgehead atoms. The first-order chi connectivity index (χ1) is 19.4. The molecule has 0 saturated carbocycles. The van der Waals surface area contributed by atoms with Crippen molar-refractivity contribution in [3.05, 3.63) is 47.5 Å². The molecule has 1 saturated heterocycles. The van der Waals surface area contributed by atoms with Crippen molar-refractivity contribution in [3.63, 3.8) is 0 Å². The average molecular weight is 622 g/mol. The Morgan fingerprint density at radius 1 is 1.20 bits per heavy atom. The Morgan fingerprint density at radius 2 is 1.93 bits per heavy atom. The number of piperidine rings is 1. The average Bonchev–Trinajstić information content (AvgIpc) is 3.36.